The van der Waals surface area contributed by atoms with Gasteiger partial charge < -0.3 is 29.2 Å². The van der Waals surface area contributed by atoms with Crippen LogP contribution < -0.4 is 0 Å². The van der Waals surface area contributed by atoms with Crippen LogP contribution in [-0.2, 0) is 55.2 Å². The van der Waals surface area contributed by atoms with Crippen LogP contribution in [0.5, 0.6) is 0 Å². The van der Waals surface area contributed by atoms with Crippen molar-refractivity contribution in [3.05, 3.63) is 174 Å². The van der Waals surface area contributed by atoms with E-state index < -0.39 is 46.1 Å². The van der Waals surface area contributed by atoms with Gasteiger partial charge in [0.05, 0.1) is 30.2 Å². The lowest BCUT2D eigenvalue weighted by molar-refractivity contribution is -0.307. The van der Waals surface area contributed by atoms with Gasteiger partial charge in [-0.2, -0.15) is 0 Å². The van der Waals surface area contributed by atoms with Crippen LogP contribution in [0.15, 0.2) is 157 Å². The molecular formula is C48H53NO8S. The van der Waals surface area contributed by atoms with E-state index in [0.29, 0.717) is 17.7 Å². The van der Waals surface area contributed by atoms with Crippen LogP contribution in [0.4, 0.5) is 0 Å². The molecular weight excluding hydrogens is 751 g/mol. The van der Waals surface area contributed by atoms with Crippen molar-refractivity contribution in [3.63, 3.8) is 0 Å². The van der Waals surface area contributed by atoms with E-state index >= 15 is 0 Å². The third-order valence-electron chi connectivity index (χ3n) is 11.0. The highest BCUT2D eigenvalue weighted by Gasteiger charge is 2.61. The SMILES string of the molecule is CCCCCOC1C(OCc2ccccc2)C(OCc2ccccc2)C(OCc2ccccc2)C(O)(CCc2cn(S(=O)(=O)c3ccccc3)c3ccccc23)C1O. The highest BCUT2D eigenvalue weighted by Crippen LogP contribution is 2.41. The predicted molar refractivity (Wildman–Crippen MR) is 225 cm³/mol. The number of ether oxygens (including phenoxy) is 4. The van der Waals surface area contributed by atoms with Gasteiger partial charge in [0.15, 0.2) is 0 Å². The number of hydrogen-bond acceptors (Lipinski definition) is 8. The third kappa shape index (κ3) is 9.45. The van der Waals surface area contributed by atoms with Gasteiger partial charge in [0, 0.05) is 18.2 Å². The Morgan fingerprint density at radius 3 is 1.72 bits per heavy atom. The van der Waals surface area contributed by atoms with Gasteiger partial charge in [0.2, 0.25) is 0 Å². The van der Waals surface area contributed by atoms with Crippen LogP contribution in [0.1, 0.15) is 54.9 Å². The number of para-hydroxylation sites is 1. The average Bonchev–Trinajstić information content (AvgIpc) is 3.65. The fourth-order valence-electron chi connectivity index (χ4n) is 7.89. The van der Waals surface area contributed by atoms with E-state index in [1.54, 1.807) is 48.7 Å². The second-order valence-electron chi connectivity index (χ2n) is 15.0. The molecule has 304 valence electrons. The first kappa shape index (κ1) is 41.5. The summed E-state index contributed by atoms with van der Waals surface area (Å²) in [6, 6.07) is 44.9. The average molecular weight is 804 g/mol. The lowest BCUT2D eigenvalue weighted by Crippen LogP contribution is -2.72. The molecule has 10 heteroatoms. The molecule has 0 bridgehead atoms. The second kappa shape index (κ2) is 19.4. The first-order chi connectivity index (χ1) is 28.3. The Labute approximate surface area is 341 Å². The summed E-state index contributed by atoms with van der Waals surface area (Å²) in [6.45, 7) is 3.01. The fourth-order valence-corrected chi connectivity index (χ4v) is 9.30. The van der Waals surface area contributed by atoms with E-state index in [1.807, 2.05) is 103 Å². The molecule has 58 heavy (non-hydrogen) atoms. The van der Waals surface area contributed by atoms with Crippen molar-refractivity contribution in [2.45, 2.75) is 99.9 Å². The van der Waals surface area contributed by atoms with Crippen LogP contribution in [0.3, 0.4) is 0 Å². The van der Waals surface area contributed by atoms with E-state index in [4.69, 9.17) is 18.9 Å². The van der Waals surface area contributed by atoms with Gasteiger partial charge in [-0.1, -0.05) is 147 Å². The summed E-state index contributed by atoms with van der Waals surface area (Å²) in [7, 11) is -3.94. The Morgan fingerprint density at radius 1 is 0.621 bits per heavy atom. The van der Waals surface area contributed by atoms with Crippen molar-refractivity contribution in [2.24, 2.45) is 0 Å². The minimum absolute atomic E-state index is 0.00155. The summed E-state index contributed by atoms with van der Waals surface area (Å²) in [5.74, 6) is 0. The quantitative estimate of drug-likeness (QED) is 0.0788. The van der Waals surface area contributed by atoms with E-state index in [-0.39, 0.29) is 37.6 Å². The molecule has 5 aromatic carbocycles. The molecule has 6 unspecified atom stereocenters. The predicted octanol–water partition coefficient (Wildman–Crippen LogP) is 8.25. The summed E-state index contributed by atoms with van der Waals surface area (Å²) < 4.78 is 56.1. The Bertz CT molecular complexity index is 2270. The summed E-state index contributed by atoms with van der Waals surface area (Å²) >= 11 is 0. The van der Waals surface area contributed by atoms with Gasteiger partial charge in [0.25, 0.3) is 10.0 Å². The minimum atomic E-state index is -3.94. The Hall–Kier alpha value is -4.65. The molecule has 1 fully saturated rings. The first-order valence-electron chi connectivity index (χ1n) is 20.2. The number of hydrogen-bond donors (Lipinski definition) is 2. The van der Waals surface area contributed by atoms with Gasteiger partial charge in [-0.15, -0.1) is 0 Å². The van der Waals surface area contributed by atoms with Gasteiger partial charge >= 0.3 is 0 Å². The van der Waals surface area contributed by atoms with Crippen molar-refractivity contribution in [1.29, 1.82) is 0 Å². The van der Waals surface area contributed by atoms with Crippen molar-refractivity contribution in [1.82, 2.24) is 3.97 Å². The second-order valence-corrected chi connectivity index (χ2v) is 16.8. The fraction of sp³-hybridized carbons (Fsp3) is 0.333. The van der Waals surface area contributed by atoms with Gasteiger partial charge in [-0.3, -0.25) is 0 Å². The number of aromatic nitrogens is 1. The zero-order chi connectivity index (χ0) is 40.4. The number of aryl methyl sites for hydroxylation is 1. The van der Waals surface area contributed by atoms with E-state index in [9.17, 15) is 18.6 Å². The molecule has 0 saturated heterocycles. The number of aliphatic hydroxyl groups is 2. The summed E-state index contributed by atoms with van der Waals surface area (Å²) in [5, 5.41) is 26.5. The largest absolute Gasteiger partial charge is 0.387 e. The van der Waals surface area contributed by atoms with Crippen LogP contribution in [0.2, 0.25) is 0 Å². The maximum absolute atomic E-state index is 14.0. The molecule has 1 heterocycles. The standard InChI is InChI=1S/C48H53NO8S/c1-2-3-18-31-54-44-43(55-33-36-19-8-4-9-20-36)45(56-34-37-21-10-5-11-22-37)47(57-35-38-23-12-6-13-24-38)48(51,46(44)50)30-29-39-32-49(42-28-17-16-27-41(39)42)58(52,53)40-25-14-7-15-26-40/h4-17,19-28,32,43-47,50-51H,2-3,18,29-31,33-35H2,1H3. The molecule has 6 aromatic rings. The monoisotopic (exact) mass is 803 g/mol. The third-order valence-corrected chi connectivity index (χ3v) is 12.7. The number of unbranched alkanes of at least 4 members (excludes halogenated alkanes) is 2. The van der Waals surface area contributed by atoms with E-state index in [0.717, 1.165) is 41.3 Å². The molecule has 9 nitrogen and oxygen atoms in total. The molecule has 6 atom stereocenters. The smallest absolute Gasteiger partial charge is 0.268 e. The minimum Gasteiger partial charge on any atom is -0.387 e. The Morgan fingerprint density at radius 2 is 1.14 bits per heavy atom. The maximum Gasteiger partial charge on any atom is 0.268 e. The van der Waals surface area contributed by atoms with Crippen LogP contribution in [0, 0.1) is 0 Å². The van der Waals surface area contributed by atoms with E-state index in [2.05, 4.69) is 6.92 Å². The van der Waals surface area contributed by atoms with Crippen molar-refractivity contribution >= 4 is 20.9 Å². The first-order valence-corrected chi connectivity index (χ1v) is 21.6. The van der Waals surface area contributed by atoms with Crippen molar-refractivity contribution in [3.8, 4) is 0 Å². The Balaban J connectivity index is 1.29. The molecule has 2 N–H and O–H groups in total. The molecule has 1 aliphatic carbocycles. The topological polar surface area (TPSA) is 116 Å². The molecule has 0 aliphatic heterocycles. The van der Waals surface area contributed by atoms with Crippen LogP contribution >= 0.6 is 0 Å². The molecule has 1 aromatic heterocycles. The lowest BCUT2D eigenvalue weighted by atomic mass is 9.71. The summed E-state index contributed by atoms with van der Waals surface area (Å²) in [4.78, 5) is 0.168. The maximum atomic E-state index is 14.0. The number of aliphatic hydroxyl groups excluding tert-OH is 1. The van der Waals surface area contributed by atoms with Crippen molar-refractivity contribution < 1.29 is 37.6 Å². The molecule has 1 saturated carbocycles. The Kier molecular flexibility index (Phi) is 13.9. The molecule has 0 radical (unpaired) electrons. The van der Waals surface area contributed by atoms with Gasteiger partial charge in [0.1, 0.15) is 36.1 Å². The van der Waals surface area contributed by atoms with Crippen molar-refractivity contribution in [2.75, 3.05) is 6.61 Å². The zero-order valence-corrected chi connectivity index (χ0v) is 33.7. The highest BCUT2D eigenvalue weighted by atomic mass is 32.2. The zero-order valence-electron chi connectivity index (χ0n) is 32.9. The molecule has 0 spiro atoms. The van der Waals surface area contributed by atoms with E-state index in [1.165, 1.54) is 3.97 Å². The summed E-state index contributed by atoms with van der Waals surface area (Å²) in [5.41, 5.74) is 2.03. The number of benzene rings is 5. The van der Waals surface area contributed by atoms with Gasteiger partial charge in [-0.05, 0) is 59.7 Å². The molecule has 1 aliphatic rings. The lowest BCUT2D eigenvalue weighted by Gasteiger charge is -2.53. The molecule has 0 amide bonds. The molecule has 7 rings (SSSR count). The normalized spacial score (nSPS) is 22.3. The van der Waals surface area contributed by atoms with Crippen LogP contribution in [0.25, 0.3) is 10.9 Å². The van der Waals surface area contributed by atoms with Gasteiger partial charge in [-0.25, -0.2) is 12.4 Å². The number of fused-ring (bicyclic) bond motifs is 1. The number of nitrogens with zero attached hydrogens (tertiary/aromatic N) is 1. The number of rotatable bonds is 19. The highest BCUT2D eigenvalue weighted by molar-refractivity contribution is 7.90. The summed E-state index contributed by atoms with van der Waals surface area (Å²) in [6.07, 6.45) is -0.743. The van der Waals surface area contributed by atoms with Crippen LogP contribution in [-0.4, -0.2) is 65.3 Å².